The summed E-state index contributed by atoms with van der Waals surface area (Å²) in [5.74, 6) is -0.182. The van der Waals surface area contributed by atoms with Crippen LogP contribution in [0, 0.1) is 11.2 Å². The third-order valence-electron chi connectivity index (χ3n) is 5.62. The molecule has 0 atom stereocenters. The minimum absolute atomic E-state index is 0.129. The molecule has 1 amide bonds. The van der Waals surface area contributed by atoms with Gasteiger partial charge in [0, 0.05) is 12.6 Å². The molecule has 0 spiro atoms. The van der Waals surface area contributed by atoms with Crippen molar-refractivity contribution in [1.82, 2.24) is 10.0 Å². The van der Waals surface area contributed by atoms with E-state index in [0.717, 1.165) is 18.9 Å². The van der Waals surface area contributed by atoms with Crippen LogP contribution in [0.5, 0.6) is 5.75 Å². The fourth-order valence-electron chi connectivity index (χ4n) is 3.79. The molecule has 2 aromatic carbocycles. The first kappa shape index (κ1) is 23.0. The molecule has 1 aliphatic rings. The Morgan fingerprint density at radius 2 is 1.87 bits per heavy atom. The molecule has 0 aliphatic heterocycles. The van der Waals surface area contributed by atoms with Gasteiger partial charge in [0.15, 0.2) is 0 Å². The Balaban J connectivity index is 1.50. The number of anilines is 1. The molecular formula is C22H28FN3O4S. The molecule has 7 nitrogen and oxygen atoms in total. The minimum atomic E-state index is -3.81. The van der Waals surface area contributed by atoms with Crippen molar-refractivity contribution < 1.29 is 22.3 Å². The van der Waals surface area contributed by atoms with E-state index in [1.165, 1.54) is 25.3 Å². The molecule has 1 fully saturated rings. The van der Waals surface area contributed by atoms with E-state index in [1.54, 1.807) is 18.2 Å². The average Bonchev–Trinajstić information content (AvgIpc) is 2.73. The standard InChI is InChI=1S/C22H28FN3O4S/c1-22(15-24-21(27)19-8-3-4-9-20(19)30-2)12-10-17(11-13-22)25-31(28,29)26-18-7-5-6-16(23)14-18/h3-9,14,17,25-26H,10-13,15H2,1-2H3,(H,24,27). The minimum Gasteiger partial charge on any atom is -0.496 e. The van der Waals surface area contributed by atoms with Crippen LogP contribution in [0.25, 0.3) is 0 Å². The first-order valence-electron chi connectivity index (χ1n) is 10.2. The third-order valence-corrected chi connectivity index (χ3v) is 6.77. The van der Waals surface area contributed by atoms with Crippen molar-refractivity contribution in [2.24, 2.45) is 5.41 Å². The monoisotopic (exact) mass is 449 g/mol. The van der Waals surface area contributed by atoms with Crippen LogP contribution in [0.15, 0.2) is 48.5 Å². The highest BCUT2D eigenvalue weighted by Gasteiger charge is 2.33. The topological polar surface area (TPSA) is 96.5 Å². The summed E-state index contributed by atoms with van der Waals surface area (Å²) >= 11 is 0. The zero-order valence-corrected chi connectivity index (χ0v) is 18.5. The number of carbonyl (C=O) groups excluding carboxylic acids is 1. The zero-order valence-electron chi connectivity index (χ0n) is 17.7. The second kappa shape index (κ2) is 9.65. The number of nitrogens with one attached hydrogen (secondary N) is 3. The van der Waals surface area contributed by atoms with Crippen molar-refractivity contribution >= 4 is 21.8 Å². The van der Waals surface area contributed by atoms with Crippen LogP contribution in [0.1, 0.15) is 43.0 Å². The molecule has 0 saturated heterocycles. The van der Waals surface area contributed by atoms with Crippen LogP contribution < -0.4 is 19.5 Å². The number of methoxy groups -OCH3 is 1. The summed E-state index contributed by atoms with van der Waals surface area (Å²) in [5.41, 5.74) is 0.529. The highest BCUT2D eigenvalue weighted by Crippen LogP contribution is 2.35. The molecule has 9 heteroatoms. The van der Waals surface area contributed by atoms with Gasteiger partial charge in [0.05, 0.1) is 18.4 Å². The lowest BCUT2D eigenvalue weighted by atomic mass is 9.74. The number of hydrogen-bond donors (Lipinski definition) is 3. The largest absolute Gasteiger partial charge is 0.496 e. The zero-order chi connectivity index (χ0) is 22.5. The molecular weight excluding hydrogens is 421 g/mol. The second-order valence-electron chi connectivity index (χ2n) is 8.20. The maximum absolute atomic E-state index is 13.3. The van der Waals surface area contributed by atoms with Gasteiger partial charge < -0.3 is 10.1 Å². The Kier molecular flexibility index (Phi) is 7.17. The number of halogens is 1. The fourth-order valence-corrected chi connectivity index (χ4v) is 4.96. The summed E-state index contributed by atoms with van der Waals surface area (Å²) < 4.78 is 48.2. The summed E-state index contributed by atoms with van der Waals surface area (Å²) in [7, 11) is -2.28. The molecule has 0 unspecified atom stereocenters. The molecule has 1 aliphatic carbocycles. The Morgan fingerprint density at radius 3 is 2.55 bits per heavy atom. The molecule has 0 bridgehead atoms. The van der Waals surface area contributed by atoms with Gasteiger partial charge in [-0.1, -0.05) is 25.1 Å². The number of carbonyl (C=O) groups is 1. The number of para-hydroxylation sites is 1. The van der Waals surface area contributed by atoms with Crippen LogP contribution in [0.3, 0.4) is 0 Å². The predicted molar refractivity (Wildman–Crippen MR) is 118 cm³/mol. The van der Waals surface area contributed by atoms with Gasteiger partial charge in [0.1, 0.15) is 11.6 Å². The van der Waals surface area contributed by atoms with E-state index in [1.807, 2.05) is 6.07 Å². The van der Waals surface area contributed by atoms with Gasteiger partial charge in [-0.2, -0.15) is 13.1 Å². The summed E-state index contributed by atoms with van der Waals surface area (Å²) in [6.07, 6.45) is 2.80. The molecule has 2 aromatic rings. The van der Waals surface area contributed by atoms with Crippen LogP contribution >= 0.6 is 0 Å². The van der Waals surface area contributed by atoms with Crippen LogP contribution in [-0.2, 0) is 10.2 Å². The third kappa shape index (κ3) is 6.41. The molecule has 3 N–H and O–H groups in total. The second-order valence-corrected chi connectivity index (χ2v) is 9.65. The lowest BCUT2D eigenvalue weighted by molar-refractivity contribution is 0.0912. The molecule has 3 rings (SSSR count). The number of benzene rings is 2. The van der Waals surface area contributed by atoms with E-state index in [4.69, 9.17) is 4.74 Å². The molecule has 168 valence electrons. The summed E-state index contributed by atoms with van der Waals surface area (Å²) in [6, 6.07) is 12.1. The lowest BCUT2D eigenvalue weighted by Crippen LogP contribution is -2.45. The van der Waals surface area contributed by atoms with Gasteiger partial charge in [0.25, 0.3) is 16.1 Å². The summed E-state index contributed by atoms with van der Waals surface area (Å²) in [5, 5.41) is 2.98. The van der Waals surface area contributed by atoms with Crippen molar-refractivity contribution in [2.75, 3.05) is 18.4 Å². The Morgan fingerprint density at radius 1 is 1.16 bits per heavy atom. The molecule has 0 radical (unpaired) electrons. The summed E-state index contributed by atoms with van der Waals surface area (Å²) in [6.45, 7) is 2.58. The maximum atomic E-state index is 13.3. The lowest BCUT2D eigenvalue weighted by Gasteiger charge is -2.37. The average molecular weight is 450 g/mol. The highest BCUT2D eigenvalue weighted by molar-refractivity contribution is 7.90. The van der Waals surface area contributed by atoms with E-state index in [9.17, 15) is 17.6 Å². The number of amides is 1. The van der Waals surface area contributed by atoms with Gasteiger partial charge in [-0.15, -0.1) is 0 Å². The normalized spacial score (nSPS) is 21.3. The van der Waals surface area contributed by atoms with E-state index >= 15 is 0 Å². The van der Waals surface area contributed by atoms with Crippen molar-refractivity contribution in [3.8, 4) is 5.75 Å². The number of ether oxygens (including phenoxy) is 1. The van der Waals surface area contributed by atoms with Crippen molar-refractivity contribution in [3.63, 3.8) is 0 Å². The molecule has 0 heterocycles. The predicted octanol–water partition coefficient (Wildman–Crippen LogP) is 3.46. The smallest absolute Gasteiger partial charge is 0.299 e. The number of rotatable bonds is 8. The molecule has 1 saturated carbocycles. The first-order valence-corrected chi connectivity index (χ1v) is 11.6. The van der Waals surface area contributed by atoms with Gasteiger partial charge in [-0.25, -0.2) is 4.39 Å². The van der Waals surface area contributed by atoms with Gasteiger partial charge >= 0.3 is 0 Å². The van der Waals surface area contributed by atoms with Gasteiger partial charge in [0.2, 0.25) is 0 Å². The Hall–Kier alpha value is -2.65. The maximum Gasteiger partial charge on any atom is 0.299 e. The van der Waals surface area contributed by atoms with Gasteiger partial charge in [-0.3, -0.25) is 9.52 Å². The van der Waals surface area contributed by atoms with E-state index < -0.39 is 16.0 Å². The van der Waals surface area contributed by atoms with E-state index in [-0.39, 0.29) is 23.1 Å². The van der Waals surface area contributed by atoms with Crippen molar-refractivity contribution in [2.45, 2.75) is 38.6 Å². The van der Waals surface area contributed by atoms with Crippen molar-refractivity contribution in [3.05, 3.63) is 59.9 Å². The summed E-state index contributed by atoms with van der Waals surface area (Å²) in [4.78, 5) is 12.5. The SMILES string of the molecule is COc1ccccc1C(=O)NCC1(C)CCC(NS(=O)(=O)Nc2cccc(F)c2)CC1. The highest BCUT2D eigenvalue weighted by atomic mass is 32.2. The quantitative estimate of drug-likeness (QED) is 0.575. The Bertz CT molecular complexity index is 1020. The van der Waals surface area contributed by atoms with E-state index in [2.05, 4.69) is 21.7 Å². The first-order chi connectivity index (χ1) is 14.7. The van der Waals surface area contributed by atoms with Gasteiger partial charge in [-0.05, 0) is 61.4 Å². The molecule has 31 heavy (non-hydrogen) atoms. The van der Waals surface area contributed by atoms with Crippen LogP contribution in [-0.4, -0.2) is 34.0 Å². The molecule has 0 aromatic heterocycles. The van der Waals surface area contributed by atoms with Crippen LogP contribution in [0.2, 0.25) is 0 Å². The Labute approximate surface area is 182 Å². The van der Waals surface area contributed by atoms with E-state index in [0.29, 0.717) is 30.7 Å². The van der Waals surface area contributed by atoms with Crippen molar-refractivity contribution in [1.29, 1.82) is 0 Å². The fraction of sp³-hybridized carbons (Fsp3) is 0.409. The van der Waals surface area contributed by atoms with Crippen LogP contribution in [0.4, 0.5) is 10.1 Å². The number of hydrogen-bond acceptors (Lipinski definition) is 4.